The normalized spacial score (nSPS) is 21.9. The summed E-state index contributed by atoms with van der Waals surface area (Å²) >= 11 is 0. The number of aromatic hydroxyl groups is 1. The molecule has 3 N–H and O–H groups in total. The Labute approximate surface area is 140 Å². The number of rotatable bonds is 3. The molecule has 1 heterocycles. The number of allylic oxidation sites excluding steroid dienone is 1. The molecule has 2 aliphatic rings. The second-order valence-electron chi connectivity index (χ2n) is 6.33. The van der Waals surface area contributed by atoms with Crippen molar-refractivity contribution in [1.82, 2.24) is 10.6 Å². The Bertz CT molecular complexity index is 677. The van der Waals surface area contributed by atoms with Gasteiger partial charge in [0.1, 0.15) is 11.9 Å². The molecule has 1 atom stereocenters. The van der Waals surface area contributed by atoms with Crippen LogP contribution in [0.1, 0.15) is 50.6 Å². The van der Waals surface area contributed by atoms with Crippen molar-refractivity contribution in [3.05, 3.63) is 41.1 Å². The van der Waals surface area contributed by atoms with E-state index in [1.165, 1.54) is 12.5 Å². The number of carbonyl (C=O) groups is 2. The predicted octanol–water partition coefficient (Wildman–Crippen LogP) is 2.90. The molecule has 1 aromatic rings. The minimum absolute atomic E-state index is 0.0611. The van der Waals surface area contributed by atoms with Crippen molar-refractivity contribution in [3.63, 3.8) is 0 Å². The van der Waals surface area contributed by atoms with Gasteiger partial charge < -0.3 is 20.5 Å². The number of benzene rings is 1. The molecule has 2 amide bonds. The lowest BCUT2D eigenvalue weighted by Crippen LogP contribution is -2.45. The summed E-state index contributed by atoms with van der Waals surface area (Å²) in [6.07, 6.45) is 5.03. The molecular formula is C18H22N2O4. The standard InChI is InChI=1S/C18H22N2O4/c1-11-15(17(22)24-14-8-3-2-4-9-14)16(20-18(23)19-11)12-6-5-7-13(21)10-12/h5-7,10,14,16,21H,2-4,8-9H2,1H3,(H2,19,20,23)/t16-/m1/s1. The van der Waals surface area contributed by atoms with Gasteiger partial charge in [-0.25, -0.2) is 9.59 Å². The minimum atomic E-state index is -0.637. The number of nitrogens with one attached hydrogen (secondary N) is 2. The molecule has 24 heavy (non-hydrogen) atoms. The quantitative estimate of drug-likeness (QED) is 0.744. The first-order valence-electron chi connectivity index (χ1n) is 8.33. The first-order valence-corrected chi connectivity index (χ1v) is 8.33. The molecule has 1 fully saturated rings. The van der Waals surface area contributed by atoms with Gasteiger partial charge in [-0.3, -0.25) is 0 Å². The minimum Gasteiger partial charge on any atom is -0.508 e. The van der Waals surface area contributed by atoms with Crippen molar-refractivity contribution in [2.75, 3.05) is 0 Å². The van der Waals surface area contributed by atoms with Crippen LogP contribution in [0, 0.1) is 0 Å². The van der Waals surface area contributed by atoms with E-state index in [1.54, 1.807) is 25.1 Å². The molecule has 0 unspecified atom stereocenters. The number of hydrogen-bond acceptors (Lipinski definition) is 4. The van der Waals surface area contributed by atoms with E-state index in [1.807, 2.05) is 0 Å². The molecule has 6 heteroatoms. The average Bonchev–Trinajstić information content (AvgIpc) is 2.55. The third kappa shape index (κ3) is 3.53. The van der Waals surface area contributed by atoms with E-state index in [0.29, 0.717) is 16.8 Å². The van der Waals surface area contributed by atoms with Crippen LogP contribution in [0.15, 0.2) is 35.5 Å². The van der Waals surface area contributed by atoms with E-state index >= 15 is 0 Å². The molecule has 0 saturated heterocycles. The highest BCUT2D eigenvalue weighted by Crippen LogP contribution is 2.30. The highest BCUT2D eigenvalue weighted by molar-refractivity contribution is 5.95. The molecule has 0 spiro atoms. The van der Waals surface area contributed by atoms with Crippen LogP contribution in [-0.4, -0.2) is 23.2 Å². The predicted molar refractivity (Wildman–Crippen MR) is 88.2 cm³/mol. The number of ether oxygens (including phenoxy) is 1. The second-order valence-corrected chi connectivity index (χ2v) is 6.33. The number of phenols is 1. The van der Waals surface area contributed by atoms with Gasteiger partial charge in [0.15, 0.2) is 0 Å². The lowest BCUT2D eigenvalue weighted by Gasteiger charge is -2.30. The fraction of sp³-hybridized carbons (Fsp3) is 0.444. The van der Waals surface area contributed by atoms with Crippen molar-refractivity contribution in [1.29, 1.82) is 0 Å². The van der Waals surface area contributed by atoms with Crippen LogP contribution in [0.5, 0.6) is 5.75 Å². The van der Waals surface area contributed by atoms with Crippen LogP contribution in [0.25, 0.3) is 0 Å². The maximum absolute atomic E-state index is 12.7. The smallest absolute Gasteiger partial charge is 0.338 e. The fourth-order valence-corrected chi connectivity index (χ4v) is 3.32. The van der Waals surface area contributed by atoms with E-state index in [0.717, 1.165) is 25.7 Å². The first-order chi connectivity index (χ1) is 11.5. The van der Waals surface area contributed by atoms with Crippen LogP contribution in [0.2, 0.25) is 0 Å². The van der Waals surface area contributed by atoms with Crippen molar-refractivity contribution in [2.45, 2.75) is 51.2 Å². The Morgan fingerprint density at radius 1 is 1.25 bits per heavy atom. The third-order valence-electron chi connectivity index (χ3n) is 4.52. The Hall–Kier alpha value is -2.50. The van der Waals surface area contributed by atoms with Crippen molar-refractivity contribution in [2.24, 2.45) is 0 Å². The van der Waals surface area contributed by atoms with Gasteiger partial charge in [-0.15, -0.1) is 0 Å². The number of phenolic OH excluding ortho intramolecular Hbond substituents is 1. The Morgan fingerprint density at radius 2 is 2.00 bits per heavy atom. The van der Waals surface area contributed by atoms with Gasteiger partial charge in [-0.1, -0.05) is 18.6 Å². The monoisotopic (exact) mass is 330 g/mol. The van der Waals surface area contributed by atoms with Crippen LogP contribution in [0.4, 0.5) is 4.79 Å². The maximum Gasteiger partial charge on any atom is 0.338 e. The zero-order chi connectivity index (χ0) is 17.1. The number of amides is 2. The first kappa shape index (κ1) is 16.4. The van der Waals surface area contributed by atoms with Gasteiger partial charge in [0.2, 0.25) is 0 Å². The zero-order valence-corrected chi connectivity index (χ0v) is 13.7. The molecule has 3 rings (SSSR count). The molecule has 0 aromatic heterocycles. The number of hydrogen-bond donors (Lipinski definition) is 3. The number of carbonyl (C=O) groups excluding carboxylic acids is 2. The van der Waals surface area contributed by atoms with E-state index in [9.17, 15) is 14.7 Å². The molecule has 1 aliphatic carbocycles. The van der Waals surface area contributed by atoms with Gasteiger partial charge in [-0.2, -0.15) is 0 Å². The van der Waals surface area contributed by atoms with Crippen molar-refractivity contribution < 1.29 is 19.4 Å². The SMILES string of the molecule is CC1=C(C(=O)OC2CCCCC2)[C@@H](c2cccc(O)c2)NC(=O)N1. The molecule has 0 radical (unpaired) electrons. The summed E-state index contributed by atoms with van der Waals surface area (Å²) < 4.78 is 5.67. The Morgan fingerprint density at radius 3 is 2.71 bits per heavy atom. The molecule has 1 aromatic carbocycles. The Balaban J connectivity index is 1.87. The van der Waals surface area contributed by atoms with E-state index in [2.05, 4.69) is 10.6 Å². The van der Waals surface area contributed by atoms with Gasteiger partial charge in [0, 0.05) is 5.70 Å². The lowest BCUT2D eigenvalue weighted by molar-refractivity contribution is -0.146. The van der Waals surface area contributed by atoms with Gasteiger partial charge >= 0.3 is 12.0 Å². The van der Waals surface area contributed by atoms with Crippen molar-refractivity contribution >= 4 is 12.0 Å². The van der Waals surface area contributed by atoms with E-state index in [4.69, 9.17) is 4.74 Å². The summed E-state index contributed by atoms with van der Waals surface area (Å²) in [5.41, 5.74) is 1.50. The van der Waals surface area contributed by atoms with E-state index in [-0.39, 0.29) is 17.9 Å². The molecule has 6 nitrogen and oxygen atoms in total. The van der Waals surface area contributed by atoms with Gasteiger partial charge in [0.05, 0.1) is 11.6 Å². The van der Waals surface area contributed by atoms with Crippen LogP contribution in [0.3, 0.4) is 0 Å². The number of urea groups is 1. The van der Waals surface area contributed by atoms with Gasteiger partial charge in [0.25, 0.3) is 0 Å². The summed E-state index contributed by atoms with van der Waals surface area (Å²) in [6.45, 7) is 1.69. The average molecular weight is 330 g/mol. The second kappa shape index (κ2) is 6.95. The summed E-state index contributed by atoms with van der Waals surface area (Å²) in [6, 6.07) is 5.51. The molecule has 1 saturated carbocycles. The largest absolute Gasteiger partial charge is 0.508 e. The van der Waals surface area contributed by atoms with Crippen LogP contribution in [-0.2, 0) is 9.53 Å². The number of esters is 1. The fourth-order valence-electron chi connectivity index (χ4n) is 3.32. The zero-order valence-electron chi connectivity index (χ0n) is 13.7. The molecule has 128 valence electrons. The van der Waals surface area contributed by atoms with Crippen LogP contribution >= 0.6 is 0 Å². The summed E-state index contributed by atoms with van der Waals surface area (Å²) in [7, 11) is 0. The molecule has 1 aliphatic heterocycles. The molecule has 0 bridgehead atoms. The summed E-state index contributed by atoms with van der Waals surface area (Å²) in [5, 5.41) is 15.1. The highest BCUT2D eigenvalue weighted by atomic mass is 16.5. The highest BCUT2D eigenvalue weighted by Gasteiger charge is 2.33. The topological polar surface area (TPSA) is 87.7 Å². The van der Waals surface area contributed by atoms with Crippen molar-refractivity contribution in [3.8, 4) is 5.75 Å². The third-order valence-corrected chi connectivity index (χ3v) is 4.52. The summed E-state index contributed by atoms with van der Waals surface area (Å²) in [5.74, 6) is -0.335. The Kier molecular flexibility index (Phi) is 4.74. The van der Waals surface area contributed by atoms with Gasteiger partial charge in [-0.05, 0) is 50.3 Å². The van der Waals surface area contributed by atoms with Crippen LogP contribution < -0.4 is 10.6 Å². The lowest BCUT2D eigenvalue weighted by atomic mass is 9.94. The van der Waals surface area contributed by atoms with E-state index < -0.39 is 12.0 Å². The molecular weight excluding hydrogens is 308 g/mol. The maximum atomic E-state index is 12.7. The summed E-state index contributed by atoms with van der Waals surface area (Å²) in [4.78, 5) is 24.5.